The first-order chi connectivity index (χ1) is 14.1. The second-order valence-electron chi connectivity index (χ2n) is 8.08. The number of carbonyl (C=O) groups excluding carboxylic acids is 1. The van der Waals surface area contributed by atoms with Crippen LogP contribution in [0.3, 0.4) is 0 Å². The van der Waals surface area contributed by atoms with Gasteiger partial charge >= 0.3 is 6.03 Å². The fourth-order valence-corrected chi connectivity index (χ4v) is 4.99. The van der Waals surface area contributed by atoms with Crippen molar-refractivity contribution in [2.45, 2.75) is 37.1 Å². The standard InChI is InChI=1S/C22H28FN3O3S/c1-17(22(2,3)18-9-5-4-6-10-18)24-21(27)25-13-15-26(16-14-25)30(28,29)20-12-8-7-11-19(20)23/h4-12,17H,13-16H2,1-3H3,(H,24,27). The summed E-state index contributed by atoms with van der Waals surface area (Å²) < 4.78 is 40.6. The summed E-state index contributed by atoms with van der Waals surface area (Å²) in [5.74, 6) is -0.769. The Balaban J connectivity index is 1.61. The monoisotopic (exact) mass is 433 g/mol. The van der Waals surface area contributed by atoms with Crippen molar-refractivity contribution in [1.29, 1.82) is 0 Å². The largest absolute Gasteiger partial charge is 0.335 e. The number of nitrogens with zero attached hydrogens (tertiary/aromatic N) is 2. The highest BCUT2D eigenvalue weighted by Crippen LogP contribution is 2.27. The van der Waals surface area contributed by atoms with Crippen molar-refractivity contribution in [3.8, 4) is 0 Å². The summed E-state index contributed by atoms with van der Waals surface area (Å²) in [4.78, 5) is 14.0. The van der Waals surface area contributed by atoms with Crippen molar-refractivity contribution < 1.29 is 17.6 Å². The SMILES string of the molecule is CC(NC(=O)N1CCN(S(=O)(=O)c2ccccc2F)CC1)C(C)(C)c1ccccc1. The predicted molar refractivity (Wildman–Crippen MR) is 114 cm³/mol. The quantitative estimate of drug-likeness (QED) is 0.787. The fourth-order valence-electron chi connectivity index (χ4n) is 3.50. The molecule has 0 aliphatic carbocycles. The van der Waals surface area contributed by atoms with E-state index in [2.05, 4.69) is 19.2 Å². The van der Waals surface area contributed by atoms with Gasteiger partial charge in [-0.25, -0.2) is 17.6 Å². The maximum absolute atomic E-state index is 14.0. The first-order valence-corrected chi connectivity index (χ1v) is 11.4. The lowest BCUT2D eigenvalue weighted by atomic mass is 9.78. The minimum Gasteiger partial charge on any atom is -0.335 e. The lowest BCUT2D eigenvalue weighted by molar-refractivity contribution is 0.165. The molecule has 30 heavy (non-hydrogen) atoms. The Hall–Kier alpha value is -2.45. The predicted octanol–water partition coefficient (Wildman–Crippen LogP) is 3.21. The van der Waals surface area contributed by atoms with Gasteiger partial charge in [-0.1, -0.05) is 56.3 Å². The van der Waals surface area contributed by atoms with E-state index in [1.54, 1.807) is 4.90 Å². The van der Waals surface area contributed by atoms with Crippen LogP contribution in [0.1, 0.15) is 26.3 Å². The van der Waals surface area contributed by atoms with Crippen LogP contribution < -0.4 is 5.32 Å². The van der Waals surface area contributed by atoms with Crippen LogP contribution in [0.5, 0.6) is 0 Å². The minimum absolute atomic E-state index is 0.126. The summed E-state index contributed by atoms with van der Waals surface area (Å²) in [6.45, 7) is 6.86. The molecule has 1 aliphatic heterocycles. The summed E-state index contributed by atoms with van der Waals surface area (Å²) in [5, 5.41) is 3.04. The van der Waals surface area contributed by atoms with E-state index >= 15 is 0 Å². The molecule has 162 valence electrons. The number of carbonyl (C=O) groups is 1. The number of hydrogen-bond donors (Lipinski definition) is 1. The molecule has 8 heteroatoms. The van der Waals surface area contributed by atoms with Gasteiger partial charge in [0.1, 0.15) is 10.7 Å². The van der Waals surface area contributed by atoms with E-state index in [4.69, 9.17) is 0 Å². The summed E-state index contributed by atoms with van der Waals surface area (Å²) in [5.41, 5.74) is 0.853. The van der Waals surface area contributed by atoms with E-state index in [9.17, 15) is 17.6 Å². The van der Waals surface area contributed by atoms with E-state index < -0.39 is 15.8 Å². The number of halogens is 1. The average Bonchev–Trinajstić information content (AvgIpc) is 2.74. The Kier molecular flexibility index (Phi) is 6.47. The van der Waals surface area contributed by atoms with Crippen LogP contribution in [0.2, 0.25) is 0 Å². The summed E-state index contributed by atoms with van der Waals surface area (Å²) in [6.07, 6.45) is 0. The first kappa shape index (κ1) is 22.2. The van der Waals surface area contributed by atoms with Gasteiger partial charge in [0, 0.05) is 37.6 Å². The van der Waals surface area contributed by atoms with E-state index in [1.807, 2.05) is 37.3 Å². The number of piperazine rings is 1. The molecule has 0 bridgehead atoms. The lowest BCUT2D eigenvalue weighted by Crippen LogP contribution is -2.56. The van der Waals surface area contributed by atoms with Gasteiger partial charge in [0.2, 0.25) is 10.0 Å². The second kappa shape index (κ2) is 8.73. The molecule has 1 aliphatic rings. The number of sulfonamides is 1. The molecule has 1 unspecified atom stereocenters. The topological polar surface area (TPSA) is 69.7 Å². The van der Waals surface area contributed by atoms with Crippen LogP contribution in [0.4, 0.5) is 9.18 Å². The third-order valence-corrected chi connectivity index (χ3v) is 7.85. The number of rotatable bonds is 5. The average molecular weight is 434 g/mol. The smallest absolute Gasteiger partial charge is 0.317 e. The lowest BCUT2D eigenvalue weighted by Gasteiger charge is -2.37. The van der Waals surface area contributed by atoms with Gasteiger partial charge in [-0.05, 0) is 24.6 Å². The van der Waals surface area contributed by atoms with E-state index in [-0.39, 0.29) is 48.6 Å². The number of amides is 2. The van der Waals surface area contributed by atoms with E-state index in [0.29, 0.717) is 0 Å². The highest BCUT2D eigenvalue weighted by molar-refractivity contribution is 7.89. The summed E-state index contributed by atoms with van der Waals surface area (Å²) in [7, 11) is -3.92. The van der Waals surface area contributed by atoms with E-state index in [1.165, 1.54) is 22.5 Å². The first-order valence-electron chi connectivity index (χ1n) is 9.99. The zero-order chi connectivity index (χ0) is 21.9. The summed E-state index contributed by atoms with van der Waals surface area (Å²) in [6, 6.07) is 15.0. The highest BCUT2D eigenvalue weighted by Gasteiger charge is 2.34. The third-order valence-electron chi connectivity index (χ3n) is 5.92. The maximum atomic E-state index is 14.0. The fraction of sp³-hybridized carbons (Fsp3) is 0.409. The van der Waals surface area contributed by atoms with Gasteiger partial charge in [0.05, 0.1) is 0 Å². The van der Waals surface area contributed by atoms with Crippen LogP contribution in [-0.4, -0.2) is 55.9 Å². The molecule has 0 radical (unpaired) electrons. The van der Waals surface area contributed by atoms with Crippen LogP contribution in [0.15, 0.2) is 59.5 Å². The zero-order valence-corrected chi connectivity index (χ0v) is 18.3. The maximum Gasteiger partial charge on any atom is 0.317 e. The van der Waals surface area contributed by atoms with Crippen LogP contribution in [0, 0.1) is 5.82 Å². The molecule has 1 N–H and O–H groups in total. The Morgan fingerprint density at radius 3 is 2.17 bits per heavy atom. The molecule has 0 aromatic heterocycles. The number of nitrogens with one attached hydrogen (secondary N) is 1. The minimum atomic E-state index is -3.92. The number of urea groups is 1. The van der Waals surface area contributed by atoms with Gasteiger partial charge in [-0.3, -0.25) is 0 Å². The Labute approximate surface area is 177 Å². The molecule has 3 rings (SSSR count). The number of benzene rings is 2. The molecule has 2 aromatic carbocycles. The summed E-state index contributed by atoms with van der Waals surface area (Å²) >= 11 is 0. The molecule has 2 amide bonds. The Morgan fingerprint density at radius 2 is 1.57 bits per heavy atom. The van der Waals surface area contributed by atoms with Gasteiger partial charge in [0.15, 0.2) is 0 Å². The van der Waals surface area contributed by atoms with Crippen molar-refractivity contribution in [3.05, 3.63) is 66.0 Å². The van der Waals surface area contributed by atoms with Crippen molar-refractivity contribution in [2.75, 3.05) is 26.2 Å². The van der Waals surface area contributed by atoms with Crippen molar-refractivity contribution in [1.82, 2.24) is 14.5 Å². The molecule has 6 nitrogen and oxygen atoms in total. The van der Waals surface area contributed by atoms with Gasteiger partial charge in [-0.2, -0.15) is 4.31 Å². The van der Waals surface area contributed by atoms with Gasteiger partial charge in [0.25, 0.3) is 0 Å². The molecule has 0 saturated carbocycles. The Morgan fingerprint density at radius 1 is 1.00 bits per heavy atom. The molecule has 1 saturated heterocycles. The third kappa shape index (κ3) is 4.49. The van der Waals surface area contributed by atoms with E-state index in [0.717, 1.165) is 11.6 Å². The van der Waals surface area contributed by atoms with Crippen LogP contribution in [0.25, 0.3) is 0 Å². The molecular formula is C22H28FN3O3S. The number of hydrogen-bond acceptors (Lipinski definition) is 3. The molecule has 1 fully saturated rings. The zero-order valence-electron chi connectivity index (χ0n) is 17.5. The van der Waals surface area contributed by atoms with Crippen molar-refractivity contribution in [2.24, 2.45) is 0 Å². The molecule has 1 heterocycles. The molecule has 0 spiro atoms. The molecule has 1 atom stereocenters. The van der Waals surface area contributed by atoms with Crippen molar-refractivity contribution >= 4 is 16.1 Å². The molecule has 2 aromatic rings. The van der Waals surface area contributed by atoms with Crippen molar-refractivity contribution in [3.63, 3.8) is 0 Å². The van der Waals surface area contributed by atoms with Crippen LogP contribution >= 0.6 is 0 Å². The normalized spacial score (nSPS) is 16.9. The molecular weight excluding hydrogens is 405 g/mol. The van der Waals surface area contributed by atoms with Gasteiger partial charge in [-0.15, -0.1) is 0 Å². The highest BCUT2D eigenvalue weighted by atomic mass is 32.2. The Bertz CT molecular complexity index is 988. The van der Waals surface area contributed by atoms with Gasteiger partial charge < -0.3 is 10.2 Å². The second-order valence-corrected chi connectivity index (χ2v) is 9.99. The van der Waals surface area contributed by atoms with Crippen LogP contribution in [-0.2, 0) is 15.4 Å².